The Morgan fingerprint density at radius 2 is 1.97 bits per heavy atom. The number of aliphatic imine (C=N–C) groups is 1. The highest BCUT2D eigenvalue weighted by molar-refractivity contribution is 5.94. The second-order valence-corrected chi connectivity index (χ2v) is 7.10. The van der Waals surface area contributed by atoms with Crippen molar-refractivity contribution < 1.29 is 4.74 Å². The van der Waals surface area contributed by atoms with E-state index in [-0.39, 0.29) is 17.7 Å². The molecule has 30 heavy (non-hydrogen) atoms. The van der Waals surface area contributed by atoms with Gasteiger partial charge in [0.1, 0.15) is 0 Å². The summed E-state index contributed by atoms with van der Waals surface area (Å²) in [5, 5.41) is 3.44. The molecule has 0 unspecified atom stereocenters. The Labute approximate surface area is 175 Å². The van der Waals surface area contributed by atoms with E-state index in [0.717, 1.165) is 17.7 Å². The van der Waals surface area contributed by atoms with Crippen LogP contribution >= 0.6 is 0 Å². The van der Waals surface area contributed by atoms with Gasteiger partial charge in [-0.25, -0.2) is 0 Å². The number of ether oxygens (including phenoxy) is 1. The van der Waals surface area contributed by atoms with Crippen LogP contribution in [0.15, 0.2) is 63.1 Å². The molecule has 0 aliphatic carbocycles. The third-order valence-electron chi connectivity index (χ3n) is 5.00. The Balaban J connectivity index is 1.94. The fourth-order valence-electron chi connectivity index (χ4n) is 3.41. The summed E-state index contributed by atoms with van der Waals surface area (Å²) < 4.78 is 8.93. The van der Waals surface area contributed by atoms with E-state index in [0.29, 0.717) is 36.2 Å². The molecule has 0 aliphatic rings. The number of aryl methyl sites for hydroxylation is 1. The minimum absolute atomic E-state index is 0.165. The predicted molar refractivity (Wildman–Crippen MR) is 120 cm³/mol. The fraction of sp³-hybridized carbons (Fsp3) is 0.348. The third kappa shape index (κ3) is 4.86. The van der Waals surface area contributed by atoms with Crippen molar-refractivity contribution in [1.29, 1.82) is 0 Å². The maximum absolute atomic E-state index is 12.8. The van der Waals surface area contributed by atoms with E-state index in [1.807, 2.05) is 42.5 Å². The zero-order chi connectivity index (χ0) is 21.5. The van der Waals surface area contributed by atoms with Crippen molar-refractivity contribution in [3.8, 4) is 0 Å². The highest BCUT2D eigenvalue weighted by atomic mass is 16.5. The average molecular weight is 409 g/mol. The van der Waals surface area contributed by atoms with Gasteiger partial charge in [-0.15, -0.1) is 0 Å². The fourth-order valence-corrected chi connectivity index (χ4v) is 3.41. The molecule has 158 valence electrons. The Bertz CT molecular complexity index is 1170. The second-order valence-electron chi connectivity index (χ2n) is 7.10. The first-order valence-electron chi connectivity index (χ1n) is 10.1. The second kappa shape index (κ2) is 10.0. The predicted octanol–water partition coefficient (Wildman–Crippen LogP) is 3.17. The lowest BCUT2D eigenvalue weighted by atomic mass is 10.2. The van der Waals surface area contributed by atoms with Crippen molar-refractivity contribution in [2.24, 2.45) is 12.0 Å². The van der Waals surface area contributed by atoms with Gasteiger partial charge >= 0.3 is 0 Å². The summed E-state index contributed by atoms with van der Waals surface area (Å²) in [7, 11) is 3.39. The highest BCUT2D eigenvalue weighted by Crippen LogP contribution is 2.15. The number of aromatic amines is 1. The first kappa shape index (κ1) is 21.5. The number of fused-ring (bicyclic) bond motifs is 1. The minimum atomic E-state index is -0.174. The van der Waals surface area contributed by atoms with Gasteiger partial charge in [-0.2, -0.15) is 0 Å². The van der Waals surface area contributed by atoms with Crippen LogP contribution in [0.1, 0.15) is 31.0 Å². The number of pyridine rings is 1. The molecule has 0 spiro atoms. The molecule has 0 amide bonds. The number of benzene rings is 1. The van der Waals surface area contributed by atoms with Gasteiger partial charge in [-0.1, -0.05) is 43.3 Å². The largest absolute Gasteiger partial charge is 0.371 e. The van der Waals surface area contributed by atoms with Gasteiger partial charge in [0.05, 0.1) is 29.8 Å². The zero-order valence-corrected chi connectivity index (χ0v) is 17.7. The number of hydrogen-bond acceptors (Lipinski definition) is 4. The molecular weight excluding hydrogens is 380 g/mol. The first-order valence-corrected chi connectivity index (χ1v) is 10.1. The molecule has 0 fully saturated rings. The first-order chi connectivity index (χ1) is 14.5. The minimum Gasteiger partial charge on any atom is -0.371 e. The molecule has 0 saturated heterocycles. The number of rotatable bonds is 9. The molecule has 3 rings (SSSR count). The number of aromatic nitrogens is 3. The van der Waals surface area contributed by atoms with Gasteiger partial charge in [0.15, 0.2) is 0 Å². The lowest BCUT2D eigenvalue weighted by molar-refractivity contribution is 0.102. The number of hydrogen-bond donors (Lipinski definition) is 1. The Kier molecular flexibility index (Phi) is 7.19. The monoisotopic (exact) mass is 408 g/mol. The molecule has 7 nitrogen and oxygen atoms in total. The molecule has 0 radical (unpaired) electrons. The lowest BCUT2D eigenvalue weighted by Gasteiger charge is -2.14. The van der Waals surface area contributed by atoms with Crippen LogP contribution in [0, 0.1) is 0 Å². The highest BCUT2D eigenvalue weighted by Gasteiger charge is 2.16. The molecular formula is C23H28N4O3. The van der Waals surface area contributed by atoms with Crippen LogP contribution in [-0.4, -0.2) is 27.1 Å². The Hall–Kier alpha value is -3.19. The van der Waals surface area contributed by atoms with Crippen LogP contribution in [0.4, 0.5) is 0 Å². The lowest BCUT2D eigenvalue weighted by Crippen LogP contribution is -2.26. The van der Waals surface area contributed by atoms with Crippen molar-refractivity contribution in [1.82, 2.24) is 14.3 Å². The quantitative estimate of drug-likeness (QED) is 0.552. The zero-order valence-electron chi connectivity index (χ0n) is 17.7. The summed E-state index contributed by atoms with van der Waals surface area (Å²) in [6.45, 7) is 3.05. The summed E-state index contributed by atoms with van der Waals surface area (Å²) in [5.41, 5.74) is 2.71. The van der Waals surface area contributed by atoms with E-state index in [4.69, 9.17) is 4.74 Å². The average Bonchev–Trinajstić information content (AvgIpc) is 3.03. The molecule has 0 aliphatic heterocycles. The van der Waals surface area contributed by atoms with Crippen molar-refractivity contribution in [3.05, 3.63) is 80.5 Å². The third-order valence-corrected chi connectivity index (χ3v) is 5.00. The van der Waals surface area contributed by atoms with E-state index in [1.165, 1.54) is 10.7 Å². The Morgan fingerprint density at radius 3 is 2.67 bits per heavy atom. The molecule has 1 aromatic carbocycles. The molecule has 1 N–H and O–H groups in total. The summed E-state index contributed by atoms with van der Waals surface area (Å²) >= 11 is 0. The van der Waals surface area contributed by atoms with Crippen molar-refractivity contribution in [3.63, 3.8) is 0 Å². The summed E-state index contributed by atoms with van der Waals surface area (Å²) in [4.78, 5) is 29.8. The van der Waals surface area contributed by atoms with Gasteiger partial charge in [-0.05, 0) is 18.1 Å². The molecule has 3 aromatic rings. The van der Waals surface area contributed by atoms with Crippen LogP contribution in [0.2, 0.25) is 0 Å². The van der Waals surface area contributed by atoms with Crippen molar-refractivity contribution in [2.75, 3.05) is 7.05 Å². The van der Waals surface area contributed by atoms with Gasteiger partial charge < -0.3 is 9.30 Å². The van der Waals surface area contributed by atoms with Gasteiger partial charge in [0.2, 0.25) is 0 Å². The number of allylic oxidation sites excluding steroid dienone is 2. The van der Waals surface area contributed by atoms with Crippen LogP contribution in [0.25, 0.3) is 10.9 Å². The maximum Gasteiger partial charge on any atom is 0.275 e. The van der Waals surface area contributed by atoms with Gasteiger partial charge in [0, 0.05) is 38.8 Å². The molecule has 7 heteroatoms. The standard InChI is InChI=1S/C23H28N4O3/c1-4-5-11-18(24-2)12-13-27-20(16-30-15-17-9-7-6-8-10-17)22-19(14-21(27)28)25-26(3)23(22)29/h5-11,14,25H,4,12-13,15-16H2,1-3H3/b11-5-,24-18?. The van der Waals surface area contributed by atoms with Crippen molar-refractivity contribution >= 4 is 16.6 Å². The van der Waals surface area contributed by atoms with Crippen LogP contribution in [0.5, 0.6) is 0 Å². The SMILES string of the molecule is CC/C=C\C(CCn1c(COCc2ccccc2)c2c(=O)n(C)[nH]c2cc1=O)=NC. The van der Waals surface area contributed by atoms with Crippen molar-refractivity contribution in [2.45, 2.75) is 39.5 Å². The van der Waals surface area contributed by atoms with Gasteiger partial charge in [0.25, 0.3) is 11.1 Å². The number of nitrogens with zero attached hydrogens (tertiary/aromatic N) is 3. The molecule has 0 bridgehead atoms. The molecule has 0 atom stereocenters. The summed E-state index contributed by atoms with van der Waals surface area (Å²) in [6.07, 6.45) is 5.53. The van der Waals surface area contributed by atoms with Crippen LogP contribution < -0.4 is 11.1 Å². The van der Waals surface area contributed by atoms with Gasteiger partial charge in [-0.3, -0.25) is 24.4 Å². The van der Waals surface area contributed by atoms with E-state index < -0.39 is 0 Å². The molecule has 2 heterocycles. The topological polar surface area (TPSA) is 81.4 Å². The molecule has 2 aromatic heterocycles. The molecule has 0 saturated carbocycles. The normalized spacial score (nSPS) is 12.3. The van der Waals surface area contributed by atoms with E-state index in [1.54, 1.807) is 18.7 Å². The Morgan fingerprint density at radius 1 is 1.20 bits per heavy atom. The summed E-state index contributed by atoms with van der Waals surface area (Å²) in [5.74, 6) is 0. The van der Waals surface area contributed by atoms with E-state index in [9.17, 15) is 9.59 Å². The van der Waals surface area contributed by atoms with Crippen LogP contribution in [0.3, 0.4) is 0 Å². The number of nitrogens with one attached hydrogen (secondary N) is 1. The smallest absolute Gasteiger partial charge is 0.275 e. The summed E-state index contributed by atoms with van der Waals surface area (Å²) in [6, 6.07) is 11.3. The van der Waals surface area contributed by atoms with E-state index in [2.05, 4.69) is 17.0 Å². The maximum atomic E-state index is 12.8. The van der Waals surface area contributed by atoms with Crippen LogP contribution in [-0.2, 0) is 31.5 Å². The van der Waals surface area contributed by atoms with E-state index >= 15 is 0 Å². The number of H-pyrrole nitrogens is 1.